The van der Waals surface area contributed by atoms with Gasteiger partial charge in [-0.25, -0.2) is 9.59 Å². The first-order chi connectivity index (χ1) is 23.0. The van der Waals surface area contributed by atoms with E-state index in [1.54, 1.807) is 24.3 Å². The van der Waals surface area contributed by atoms with Crippen LogP contribution in [0.5, 0.6) is 0 Å². The van der Waals surface area contributed by atoms with Crippen molar-refractivity contribution in [1.29, 1.82) is 0 Å². The highest BCUT2D eigenvalue weighted by atomic mass is 32.2. The molecule has 0 saturated carbocycles. The number of nitrogens with zero attached hydrogens (tertiary/aromatic N) is 2. The van der Waals surface area contributed by atoms with Gasteiger partial charge >= 0.3 is 11.9 Å². The standard InChI is InChI=1S/C31H31N2O4.C7H8O3S/c1-5-32-26(16-12-22-20-24(30(34)36-3)14-18-28(22)32)10-8-7-9-11-27-17-13-23-21-25(31(35)37-4)15-19-29(23)33(27)6-2;1-6-2-4-7(5-3-6)11(8,9)10/h7-21H,5-6H2,1-4H3;2-5H,1H3,(H,8,9,10)/q+1;. The minimum absolute atomic E-state index is 0.0666. The summed E-state index contributed by atoms with van der Waals surface area (Å²) in [5.41, 5.74) is 7.29. The van der Waals surface area contributed by atoms with E-state index in [0.717, 1.165) is 52.2 Å². The van der Waals surface area contributed by atoms with Crippen LogP contribution in [0.3, 0.4) is 0 Å². The third-order valence-electron chi connectivity index (χ3n) is 7.68. The molecule has 9 nitrogen and oxygen atoms in total. The van der Waals surface area contributed by atoms with Crippen LogP contribution in [-0.4, -0.2) is 45.7 Å². The van der Waals surface area contributed by atoms with E-state index in [0.29, 0.717) is 11.1 Å². The van der Waals surface area contributed by atoms with E-state index in [1.165, 1.54) is 26.4 Å². The maximum atomic E-state index is 11.9. The lowest BCUT2D eigenvalue weighted by Gasteiger charge is -2.29. The Morgan fingerprint density at radius 3 is 2.12 bits per heavy atom. The number of aromatic nitrogens is 1. The molecule has 1 aromatic heterocycles. The number of carbonyl (C=O) groups is 2. The maximum absolute atomic E-state index is 11.9. The quantitative estimate of drug-likeness (QED) is 0.0928. The number of allylic oxidation sites excluding steroid dienone is 5. The molecule has 0 atom stereocenters. The molecule has 0 saturated heterocycles. The number of esters is 2. The Balaban J connectivity index is 0.000000401. The Morgan fingerprint density at radius 2 is 1.50 bits per heavy atom. The number of rotatable bonds is 8. The number of anilines is 1. The van der Waals surface area contributed by atoms with E-state index >= 15 is 0 Å². The highest BCUT2D eigenvalue weighted by Crippen LogP contribution is 2.31. The van der Waals surface area contributed by atoms with Gasteiger partial charge in [0, 0.05) is 41.5 Å². The van der Waals surface area contributed by atoms with Gasteiger partial charge in [0.1, 0.15) is 6.54 Å². The summed E-state index contributed by atoms with van der Waals surface area (Å²) in [7, 11) is -1.24. The fourth-order valence-corrected chi connectivity index (χ4v) is 5.73. The first-order valence-electron chi connectivity index (χ1n) is 15.3. The van der Waals surface area contributed by atoms with Crippen molar-refractivity contribution < 1.29 is 36.6 Å². The van der Waals surface area contributed by atoms with Gasteiger partial charge in [-0.05, 0) is 87.0 Å². The molecule has 2 heterocycles. The Labute approximate surface area is 281 Å². The van der Waals surface area contributed by atoms with Crippen molar-refractivity contribution in [2.45, 2.75) is 32.2 Å². The average Bonchev–Trinajstić information content (AvgIpc) is 3.09. The van der Waals surface area contributed by atoms with E-state index in [4.69, 9.17) is 14.0 Å². The molecule has 1 aliphatic rings. The third kappa shape index (κ3) is 8.52. The topological polar surface area (TPSA) is 114 Å². The van der Waals surface area contributed by atoms with Crippen molar-refractivity contribution in [3.8, 4) is 0 Å². The van der Waals surface area contributed by atoms with Crippen LogP contribution < -0.4 is 9.47 Å². The van der Waals surface area contributed by atoms with Crippen LogP contribution in [0, 0.1) is 6.92 Å². The summed E-state index contributed by atoms with van der Waals surface area (Å²) in [6.07, 6.45) is 14.3. The van der Waals surface area contributed by atoms with Crippen LogP contribution in [0.2, 0.25) is 0 Å². The summed E-state index contributed by atoms with van der Waals surface area (Å²) in [6, 6.07) is 21.3. The van der Waals surface area contributed by atoms with Crippen molar-refractivity contribution in [2.24, 2.45) is 0 Å². The molecule has 0 radical (unpaired) electrons. The number of methoxy groups -OCH3 is 2. The van der Waals surface area contributed by atoms with E-state index < -0.39 is 10.1 Å². The molecule has 0 amide bonds. The molecule has 3 aromatic carbocycles. The number of benzene rings is 3. The Hall–Kier alpha value is -5.32. The summed E-state index contributed by atoms with van der Waals surface area (Å²) in [6.45, 7) is 7.65. The number of ether oxygens (including phenoxy) is 2. The van der Waals surface area contributed by atoms with Gasteiger partial charge < -0.3 is 14.4 Å². The Morgan fingerprint density at radius 1 is 0.833 bits per heavy atom. The Kier molecular flexibility index (Phi) is 11.8. The monoisotopic (exact) mass is 667 g/mol. The second kappa shape index (κ2) is 16.0. The minimum atomic E-state index is -4.02. The summed E-state index contributed by atoms with van der Waals surface area (Å²) in [5, 5.41) is 0.991. The highest BCUT2D eigenvalue weighted by molar-refractivity contribution is 7.85. The summed E-state index contributed by atoms with van der Waals surface area (Å²) in [4.78, 5) is 25.9. The zero-order valence-corrected chi connectivity index (χ0v) is 28.4. The van der Waals surface area contributed by atoms with Gasteiger partial charge in [0.2, 0.25) is 11.2 Å². The molecule has 0 bridgehead atoms. The second-order valence-corrected chi connectivity index (χ2v) is 12.2. The fraction of sp³-hybridized carbons (Fsp3) is 0.184. The predicted molar refractivity (Wildman–Crippen MR) is 188 cm³/mol. The molecule has 10 heteroatoms. The van der Waals surface area contributed by atoms with Gasteiger partial charge in [-0.1, -0.05) is 42.0 Å². The van der Waals surface area contributed by atoms with Crippen molar-refractivity contribution in [2.75, 3.05) is 25.7 Å². The van der Waals surface area contributed by atoms with Gasteiger partial charge in [-0.3, -0.25) is 4.55 Å². The van der Waals surface area contributed by atoms with E-state index in [-0.39, 0.29) is 16.8 Å². The van der Waals surface area contributed by atoms with Crippen LogP contribution in [-0.2, 0) is 26.1 Å². The predicted octanol–water partition coefficient (Wildman–Crippen LogP) is 6.97. The van der Waals surface area contributed by atoms with Crippen LogP contribution in [0.15, 0.2) is 114 Å². The molecule has 1 aliphatic heterocycles. The zero-order chi connectivity index (χ0) is 34.8. The molecule has 48 heavy (non-hydrogen) atoms. The molecular weight excluding hydrogens is 628 g/mol. The summed E-state index contributed by atoms with van der Waals surface area (Å²) in [5.74, 6) is -0.672. The maximum Gasteiger partial charge on any atom is 0.337 e. The molecule has 0 fully saturated rings. The molecule has 248 valence electrons. The molecule has 0 aliphatic carbocycles. The van der Waals surface area contributed by atoms with Gasteiger partial charge in [0.05, 0.1) is 30.2 Å². The molecular formula is C38H39N2O7S+. The lowest BCUT2D eigenvalue weighted by Crippen LogP contribution is -2.36. The van der Waals surface area contributed by atoms with Gasteiger partial charge in [0.25, 0.3) is 10.1 Å². The lowest BCUT2D eigenvalue weighted by atomic mass is 10.0. The fourth-order valence-electron chi connectivity index (χ4n) is 5.25. The molecule has 5 rings (SSSR count). The minimum Gasteiger partial charge on any atom is -0.465 e. The molecule has 4 aromatic rings. The molecule has 0 spiro atoms. The number of hydrogen-bond acceptors (Lipinski definition) is 7. The summed E-state index contributed by atoms with van der Waals surface area (Å²) < 4.78 is 41.4. The number of aryl methyl sites for hydroxylation is 2. The average molecular weight is 668 g/mol. The van der Waals surface area contributed by atoms with Gasteiger partial charge in [-0.15, -0.1) is 0 Å². The first kappa shape index (κ1) is 35.5. The lowest BCUT2D eigenvalue weighted by molar-refractivity contribution is -0.669. The van der Waals surface area contributed by atoms with Crippen LogP contribution in [0.4, 0.5) is 5.69 Å². The van der Waals surface area contributed by atoms with Crippen molar-refractivity contribution in [1.82, 2.24) is 0 Å². The van der Waals surface area contributed by atoms with Crippen LogP contribution >= 0.6 is 0 Å². The smallest absolute Gasteiger partial charge is 0.337 e. The summed E-state index contributed by atoms with van der Waals surface area (Å²) >= 11 is 0. The number of likely N-dealkylation sites (N-methyl/N-ethyl adjacent to an activating group) is 1. The highest BCUT2D eigenvalue weighted by Gasteiger charge is 2.18. The second-order valence-electron chi connectivity index (χ2n) is 10.7. The number of fused-ring (bicyclic) bond motifs is 2. The normalized spacial score (nSPS) is 13.5. The van der Waals surface area contributed by atoms with Crippen molar-refractivity contribution in [3.05, 3.63) is 137 Å². The largest absolute Gasteiger partial charge is 0.465 e. The van der Waals surface area contributed by atoms with Crippen molar-refractivity contribution >= 4 is 50.8 Å². The Bertz CT molecular complexity index is 2040. The van der Waals surface area contributed by atoms with E-state index in [1.807, 2.05) is 61.6 Å². The van der Waals surface area contributed by atoms with Crippen LogP contribution in [0.25, 0.3) is 23.1 Å². The van der Waals surface area contributed by atoms with Crippen molar-refractivity contribution in [3.63, 3.8) is 0 Å². The van der Waals surface area contributed by atoms with Crippen LogP contribution in [0.1, 0.15) is 51.4 Å². The third-order valence-corrected chi connectivity index (χ3v) is 8.54. The molecule has 0 unspecified atom stereocenters. The zero-order valence-electron chi connectivity index (χ0n) is 27.6. The number of pyridine rings is 1. The number of hydrogen-bond donors (Lipinski definition) is 1. The first-order valence-corrected chi connectivity index (χ1v) is 16.8. The molecule has 1 N–H and O–H groups in total. The SMILES string of the molecule is CCN1/C(=C/C=C/C=C/c2ccc3cc(C(=O)OC)ccc3[n+]2CC)C=Cc2cc(C(=O)OC)ccc21.Cc1ccc(S(=O)(=O)O)cc1. The van der Waals surface area contributed by atoms with E-state index in [9.17, 15) is 18.0 Å². The number of carbonyl (C=O) groups excluding carboxylic acids is 2. The van der Waals surface area contributed by atoms with E-state index in [2.05, 4.69) is 47.6 Å². The van der Waals surface area contributed by atoms with Gasteiger partial charge in [-0.2, -0.15) is 13.0 Å². The van der Waals surface area contributed by atoms with Gasteiger partial charge in [0.15, 0.2) is 0 Å².